The van der Waals surface area contributed by atoms with Crippen LogP contribution in [0.25, 0.3) is 22.5 Å². The van der Waals surface area contributed by atoms with Crippen molar-refractivity contribution in [3.05, 3.63) is 143 Å². The predicted octanol–water partition coefficient (Wildman–Crippen LogP) is 9.91. The summed E-state index contributed by atoms with van der Waals surface area (Å²) in [5.74, 6) is 0. The van der Waals surface area contributed by atoms with E-state index in [0.717, 1.165) is 33.0 Å². The van der Waals surface area contributed by atoms with E-state index in [1.807, 2.05) is 82.4 Å². The average molecular weight is 897 g/mol. The van der Waals surface area contributed by atoms with Crippen molar-refractivity contribution in [3.8, 4) is 22.5 Å². The molecule has 6 aromatic rings. The molecule has 0 radical (unpaired) electrons. The van der Waals surface area contributed by atoms with E-state index in [2.05, 4.69) is 50.8 Å². The number of nitrogens with zero attached hydrogens (tertiary/aromatic N) is 6. The third-order valence-electron chi connectivity index (χ3n) is 8.21. The molecule has 0 amide bonds. The topological polar surface area (TPSA) is 95.8 Å². The van der Waals surface area contributed by atoms with Gasteiger partial charge in [0, 0.05) is 48.2 Å². The molecule has 1 aliphatic rings. The molecule has 0 bridgehead atoms. The van der Waals surface area contributed by atoms with Gasteiger partial charge in [0.2, 0.25) is 0 Å². The molecule has 274 valence electrons. The molecule has 1 aliphatic heterocycles. The van der Waals surface area contributed by atoms with Crippen LogP contribution in [0.2, 0.25) is 35.0 Å². The van der Waals surface area contributed by atoms with Crippen LogP contribution in [-0.4, -0.2) is 66.6 Å². The van der Waals surface area contributed by atoms with E-state index >= 15 is 0 Å². The fourth-order valence-corrected chi connectivity index (χ4v) is 10.8. The maximum atomic E-state index is 6.24. The van der Waals surface area contributed by atoms with Gasteiger partial charge in [-0.1, -0.05) is 40.9 Å². The zero-order valence-corrected chi connectivity index (χ0v) is 36.5. The molecule has 1 saturated heterocycles. The minimum atomic E-state index is -2.17. The summed E-state index contributed by atoms with van der Waals surface area (Å²) in [7, 11) is -0.302. The van der Waals surface area contributed by atoms with E-state index in [1.54, 1.807) is 55.5 Å². The number of halogens is 4. The molecule has 1 fully saturated rings. The second kappa shape index (κ2) is 19.4. The summed E-state index contributed by atoms with van der Waals surface area (Å²) in [6, 6.07) is 20.8. The molecule has 8 nitrogen and oxygen atoms in total. The zero-order valence-electron chi connectivity index (χ0n) is 30.6. The molecule has 6 aromatic heterocycles. The van der Waals surface area contributed by atoms with Gasteiger partial charge in [-0.2, -0.15) is 0 Å². The molecule has 0 unspecified atom stereocenters. The molecule has 7 rings (SSSR count). The Morgan fingerprint density at radius 1 is 0.566 bits per heavy atom. The summed E-state index contributed by atoms with van der Waals surface area (Å²) in [5.41, 5.74) is 4.29. The van der Waals surface area contributed by atoms with Gasteiger partial charge >= 0.3 is 119 Å². The Labute approximate surface area is 336 Å². The third kappa shape index (κ3) is 13.0. The number of aromatic nitrogens is 6. The molecule has 0 aromatic carbocycles. The van der Waals surface area contributed by atoms with Gasteiger partial charge in [-0.3, -0.25) is 15.0 Å². The van der Waals surface area contributed by atoms with Crippen LogP contribution in [0.4, 0.5) is 0 Å². The third-order valence-corrected chi connectivity index (χ3v) is 15.4. The molecular formula is C39H41BCl4N6O2Sn. The van der Waals surface area contributed by atoms with Crippen molar-refractivity contribution in [2.75, 3.05) is 0 Å². The van der Waals surface area contributed by atoms with Crippen LogP contribution in [-0.2, 0) is 9.31 Å². The fourth-order valence-electron chi connectivity index (χ4n) is 4.60. The maximum absolute atomic E-state index is 6.24. The van der Waals surface area contributed by atoms with Gasteiger partial charge in [-0.25, -0.2) is 4.98 Å². The van der Waals surface area contributed by atoms with Gasteiger partial charge in [0.15, 0.2) is 0 Å². The summed E-state index contributed by atoms with van der Waals surface area (Å²) in [5, 5.41) is 2.53. The normalized spacial score (nSPS) is 14.1. The summed E-state index contributed by atoms with van der Waals surface area (Å²) < 4.78 is 13.1. The van der Waals surface area contributed by atoms with Gasteiger partial charge in [-0.15, -0.1) is 0 Å². The van der Waals surface area contributed by atoms with Crippen molar-refractivity contribution in [2.45, 2.75) is 53.7 Å². The van der Waals surface area contributed by atoms with Crippen LogP contribution in [0.15, 0.2) is 123 Å². The van der Waals surface area contributed by atoms with Crippen molar-refractivity contribution in [1.82, 2.24) is 29.9 Å². The summed E-state index contributed by atoms with van der Waals surface area (Å²) in [4.78, 5) is 31.5. The van der Waals surface area contributed by atoms with Crippen LogP contribution in [0, 0.1) is 0 Å². The zero-order chi connectivity index (χ0) is 38.6. The average Bonchev–Trinajstić information content (AvgIpc) is 3.37. The van der Waals surface area contributed by atoms with Crippen molar-refractivity contribution >= 4 is 80.9 Å². The van der Waals surface area contributed by atoms with E-state index in [-0.39, 0.29) is 18.3 Å². The first-order valence-electron chi connectivity index (χ1n) is 16.7. The van der Waals surface area contributed by atoms with Crippen LogP contribution in [0.5, 0.6) is 0 Å². The first kappa shape index (κ1) is 42.6. The van der Waals surface area contributed by atoms with E-state index in [9.17, 15) is 0 Å². The van der Waals surface area contributed by atoms with Crippen LogP contribution < -0.4 is 9.04 Å². The van der Waals surface area contributed by atoms with Gasteiger partial charge in [-0.05, 0) is 70.2 Å². The Morgan fingerprint density at radius 3 is 1.51 bits per heavy atom. The van der Waals surface area contributed by atoms with Crippen molar-refractivity contribution in [2.24, 2.45) is 0 Å². The van der Waals surface area contributed by atoms with Gasteiger partial charge in [0.05, 0.1) is 26.9 Å². The number of hydrogen-bond donors (Lipinski definition) is 0. The van der Waals surface area contributed by atoms with Gasteiger partial charge < -0.3 is 9.31 Å². The summed E-state index contributed by atoms with van der Waals surface area (Å²) in [6.07, 6.45) is 15.5. The van der Waals surface area contributed by atoms with Gasteiger partial charge in [0.1, 0.15) is 5.15 Å². The second-order valence-corrected chi connectivity index (χ2v) is 29.9. The summed E-state index contributed by atoms with van der Waals surface area (Å²) in [6.45, 7) is 8.18. The quantitative estimate of drug-likeness (QED) is 0.128. The molecule has 53 heavy (non-hydrogen) atoms. The fraction of sp³-hybridized carbons (Fsp3) is 0.231. The first-order chi connectivity index (χ1) is 25.1. The Balaban J connectivity index is 0.000000162. The van der Waals surface area contributed by atoms with E-state index in [1.165, 1.54) is 9.78 Å². The molecule has 0 spiro atoms. The van der Waals surface area contributed by atoms with E-state index in [0.29, 0.717) is 15.2 Å². The Morgan fingerprint density at radius 2 is 1.08 bits per heavy atom. The molecule has 14 heteroatoms. The number of hydrogen-bond acceptors (Lipinski definition) is 8. The molecule has 0 aliphatic carbocycles. The monoisotopic (exact) mass is 896 g/mol. The minimum absolute atomic E-state index is 0.284. The summed E-state index contributed by atoms with van der Waals surface area (Å²) >= 11 is 20.7. The van der Waals surface area contributed by atoms with E-state index in [4.69, 9.17) is 55.7 Å². The standard InChI is InChI=1S/C11H16BNO2.C10H7ClN2.C10H6ClN2.C5H3Cl2N.3CH3.Sn/c1-10(2)11(3,4)15-12(14-10)9-6-5-7-13-8-9;2*11-9-3-4-10(13-7-9)8-2-1-5-12-6-8;6-4-1-2-5(7)8-3-4;;;;/h5-8H,1-4H3;1-7H;1-2,4-7H;1-3H;3*1H3;. The molecule has 0 saturated carbocycles. The number of rotatable bonds is 4. The van der Waals surface area contributed by atoms with Crippen LogP contribution in [0.3, 0.4) is 0 Å². The second-order valence-electron chi connectivity index (χ2n) is 13.8. The molecule has 7 heterocycles. The Kier molecular flexibility index (Phi) is 15.6. The van der Waals surface area contributed by atoms with Crippen molar-refractivity contribution in [3.63, 3.8) is 0 Å². The molecular weight excluding hydrogens is 856 g/mol. The van der Waals surface area contributed by atoms with Crippen molar-refractivity contribution < 1.29 is 9.31 Å². The van der Waals surface area contributed by atoms with Crippen LogP contribution >= 0.6 is 46.4 Å². The predicted molar refractivity (Wildman–Crippen MR) is 222 cm³/mol. The Bertz CT molecular complexity index is 1970. The molecule has 0 atom stereocenters. The van der Waals surface area contributed by atoms with Gasteiger partial charge in [0.25, 0.3) is 0 Å². The Hall–Kier alpha value is -3.16. The van der Waals surface area contributed by atoms with Crippen LogP contribution in [0.1, 0.15) is 27.7 Å². The molecule has 0 N–H and O–H groups in total. The van der Waals surface area contributed by atoms with E-state index < -0.39 is 18.4 Å². The first-order valence-corrected chi connectivity index (χ1v) is 28.2. The number of pyridine rings is 6. The SMILES string of the molecule is CC1(C)OB(c2cccnc2)OC1(C)C.Clc1ccc(-c2cccnc2)nc1.Clc1ccc(Cl)nc1.[CH3][Sn]([CH3])([CH3])[c]1cc(-c2cccnc2)ncc1Cl. The van der Waals surface area contributed by atoms with Crippen molar-refractivity contribution in [1.29, 1.82) is 0 Å².